The summed E-state index contributed by atoms with van der Waals surface area (Å²) >= 11 is 0. The normalized spacial score (nSPS) is 18.2. The van der Waals surface area contributed by atoms with Gasteiger partial charge in [-0.15, -0.1) is 0 Å². The summed E-state index contributed by atoms with van der Waals surface area (Å²) in [5.74, 6) is -1.47. The van der Waals surface area contributed by atoms with Gasteiger partial charge in [0, 0.05) is 0 Å². The van der Waals surface area contributed by atoms with Crippen LogP contribution in [0.25, 0.3) is 0 Å². The number of carbonyl (C=O) groups excluding carboxylic acids is 3. The van der Waals surface area contributed by atoms with Crippen LogP contribution in [0.5, 0.6) is 5.75 Å². The summed E-state index contributed by atoms with van der Waals surface area (Å²) in [6, 6.07) is 22.8. The Hall–Kier alpha value is -4.20. The Morgan fingerprint density at radius 3 is 2.29 bits per heavy atom. The molecule has 1 aliphatic heterocycles. The summed E-state index contributed by atoms with van der Waals surface area (Å²) in [5, 5.41) is 5.58. The van der Waals surface area contributed by atoms with Gasteiger partial charge in [-0.05, 0) is 29.7 Å². The number of halogens is 1. The number of ether oxygens (including phenoxy) is 1. The van der Waals surface area contributed by atoms with Gasteiger partial charge < -0.3 is 15.4 Å². The number of benzene rings is 3. The minimum absolute atomic E-state index is 0.0419. The first-order valence-electron chi connectivity index (χ1n) is 11.4. The van der Waals surface area contributed by atoms with Crippen molar-refractivity contribution >= 4 is 17.8 Å². The van der Waals surface area contributed by atoms with Crippen LogP contribution >= 0.6 is 0 Å². The molecule has 0 radical (unpaired) electrons. The molecule has 3 aromatic rings. The summed E-state index contributed by atoms with van der Waals surface area (Å²) < 4.78 is 19.6. The summed E-state index contributed by atoms with van der Waals surface area (Å²) in [5.41, 5.74) is 0.177. The van der Waals surface area contributed by atoms with Crippen LogP contribution in [0.2, 0.25) is 0 Å². The molecule has 0 spiro atoms. The monoisotopic (exact) mass is 475 g/mol. The van der Waals surface area contributed by atoms with Crippen LogP contribution in [0, 0.1) is 5.82 Å². The fourth-order valence-electron chi connectivity index (χ4n) is 4.16. The number of hydrogen-bond donors (Lipinski definition) is 2. The van der Waals surface area contributed by atoms with Gasteiger partial charge >= 0.3 is 6.03 Å². The second-order valence-corrected chi connectivity index (χ2v) is 8.22. The Morgan fingerprint density at radius 2 is 1.63 bits per heavy atom. The van der Waals surface area contributed by atoms with Gasteiger partial charge in [-0.3, -0.25) is 14.5 Å². The fourth-order valence-corrected chi connectivity index (χ4v) is 4.16. The fraction of sp³-hybridized carbons (Fsp3) is 0.222. The lowest BCUT2D eigenvalue weighted by atomic mass is 9.87. The molecule has 0 aromatic heterocycles. The van der Waals surface area contributed by atoms with E-state index in [2.05, 4.69) is 10.6 Å². The van der Waals surface area contributed by atoms with Crippen LogP contribution in [0.1, 0.15) is 30.5 Å². The Balaban J connectivity index is 1.49. The van der Waals surface area contributed by atoms with E-state index in [0.717, 1.165) is 10.5 Å². The van der Waals surface area contributed by atoms with Crippen molar-refractivity contribution in [2.24, 2.45) is 0 Å². The summed E-state index contributed by atoms with van der Waals surface area (Å²) in [7, 11) is 0. The number of urea groups is 1. The average molecular weight is 476 g/mol. The minimum Gasteiger partial charge on any atom is -0.488 e. The number of para-hydroxylation sites is 1. The third-order valence-corrected chi connectivity index (χ3v) is 6.05. The molecule has 35 heavy (non-hydrogen) atoms. The molecule has 3 aromatic carbocycles. The SMILES string of the molecule is CC[C@@]1(c2ccccc2)NC(=O)N(CC(=O)N[C@@H](COc2ccccc2F)c2ccccc2)C1=O. The molecule has 1 saturated heterocycles. The van der Waals surface area contributed by atoms with Gasteiger partial charge in [0.15, 0.2) is 11.6 Å². The maximum Gasteiger partial charge on any atom is 0.325 e. The van der Waals surface area contributed by atoms with Gasteiger partial charge in [0.1, 0.15) is 18.7 Å². The predicted molar refractivity (Wildman–Crippen MR) is 128 cm³/mol. The van der Waals surface area contributed by atoms with Crippen LogP contribution < -0.4 is 15.4 Å². The molecule has 0 saturated carbocycles. The third kappa shape index (κ3) is 5.01. The van der Waals surface area contributed by atoms with Crippen LogP contribution in [-0.4, -0.2) is 35.9 Å². The molecule has 4 rings (SSSR count). The van der Waals surface area contributed by atoms with E-state index < -0.39 is 41.8 Å². The molecular weight excluding hydrogens is 449 g/mol. The average Bonchev–Trinajstić information content (AvgIpc) is 3.13. The van der Waals surface area contributed by atoms with E-state index in [1.54, 1.807) is 55.5 Å². The maximum atomic E-state index is 14.0. The Labute approximate surface area is 202 Å². The Kier molecular flexibility index (Phi) is 7.10. The van der Waals surface area contributed by atoms with E-state index in [4.69, 9.17) is 4.74 Å². The highest BCUT2D eigenvalue weighted by Gasteiger charge is 2.51. The second kappa shape index (κ2) is 10.4. The lowest BCUT2D eigenvalue weighted by Crippen LogP contribution is -2.45. The molecule has 0 bridgehead atoms. The molecule has 8 heteroatoms. The zero-order valence-electron chi connectivity index (χ0n) is 19.2. The minimum atomic E-state index is -1.22. The highest BCUT2D eigenvalue weighted by atomic mass is 19.1. The first-order valence-corrected chi connectivity index (χ1v) is 11.4. The van der Waals surface area contributed by atoms with Gasteiger partial charge in [0.2, 0.25) is 5.91 Å². The number of rotatable bonds is 9. The Morgan fingerprint density at radius 1 is 1.00 bits per heavy atom. The summed E-state index contributed by atoms with van der Waals surface area (Å²) in [6.45, 7) is 1.31. The molecule has 4 amide bonds. The predicted octanol–water partition coefficient (Wildman–Crippen LogP) is 3.92. The highest BCUT2D eigenvalue weighted by Crippen LogP contribution is 2.32. The topological polar surface area (TPSA) is 87.7 Å². The number of nitrogens with one attached hydrogen (secondary N) is 2. The van der Waals surface area contributed by atoms with Gasteiger partial charge in [0.25, 0.3) is 5.91 Å². The zero-order chi connectivity index (χ0) is 24.8. The highest BCUT2D eigenvalue weighted by molar-refractivity contribution is 6.09. The number of carbonyl (C=O) groups is 3. The first-order chi connectivity index (χ1) is 16.9. The standard InChI is InChI=1S/C27H26FN3O4/c1-2-27(20-13-7-4-8-14-20)25(33)31(26(34)30-27)17-24(32)29-22(19-11-5-3-6-12-19)18-35-23-16-10-9-15-21(23)28/h3-16,22H,2,17-18H2,1H3,(H,29,32)(H,30,34)/t22-,27-/m0/s1. The van der Waals surface area contributed by atoms with Crippen LogP contribution in [0.3, 0.4) is 0 Å². The quantitative estimate of drug-likeness (QED) is 0.459. The molecule has 1 fully saturated rings. The molecule has 1 aliphatic rings. The van der Waals surface area contributed by atoms with E-state index in [-0.39, 0.29) is 12.4 Å². The summed E-state index contributed by atoms with van der Waals surface area (Å²) in [4.78, 5) is 39.9. The van der Waals surface area contributed by atoms with E-state index >= 15 is 0 Å². The molecule has 7 nitrogen and oxygen atoms in total. The van der Waals surface area contributed by atoms with Gasteiger partial charge in [-0.1, -0.05) is 79.7 Å². The van der Waals surface area contributed by atoms with E-state index in [1.165, 1.54) is 12.1 Å². The Bertz CT molecular complexity index is 1210. The van der Waals surface area contributed by atoms with Gasteiger partial charge in [-0.25, -0.2) is 9.18 Å². The van der Waals surface area contributed by atoms with Crippen molar-refractivity contribution < 1.29 is 23.5 Å². The smallest absolute Gasteiger partial charge is 0.325 e. The van der Waals surface area contributed by atoms with Crippen molar-refractivity contribution in [1.82, 2.24) is 15.5 Å². The van der Waals surface area contributed by atoms with Crippen LogP contribution in [0.4, 0.5) is 9.18 Å². The molecule has 2 N–H and O–H groups in total. The molecule has 2 atom stereocenters. The molecule has 0 unspecified atom stereocenters. The number of amides is 4. The molecule has 1 heterocycles. The van der Waals surface area contributed by atoms with Crippen molar-refractivity contribution in [3.63, 3.8) is 0 Å². The van der Waals surface area contributed by atoms with Crippen molar-refractivity contribution in [3.05, 3.63) is 102 Å². The van der Waals surface area contributed by atoms with Crippen LogP contribution in [0.15, 0.2) is 84.9 Å². The summed E-state index contributed by atoms with van der Waals surface area (Å²) in [6.07, 6.45) is 0.336. The van der Waals surface area contributed by atoms with Gasteiger partial charge in [-0.2, -0.15) is 0 Å². The largest absolute Gasteiger partial charge is 0.488 e. The first kappa shape index (κ1) is 23.9. The number of nitrogens with zero attached hydrogens (tertiary/aromatic N) is 1. The second-order valence-electron chi connectivity index (χ2n) is 8.22. The lowest BCUT2D eigenvalue weighted by molar-refractivity contribution is -0.135. The number of imide groups is 1. The number of hydrogen-bond acceptors (Lipinski definition) is 4. The van der Waals surface area contributed by atoms with Crippen molar-refractivity contribution in [2.45, 2.75) is 24.9 Å². The zero-order valence-corrected chi connectivity index (χ0v) is 19.2. The van der Waals surface area contributed by atoms with Crippen LogP contribution in [-0.2, 0) is 15.1 Å². The van der Waals surface area contributed by atoms with Crippen molar-refractivity contribution in [1.29, 1.82) is 0 Å². The van der Waals surface area contributed by atoms with E-state index in [0.29, 0.717) is 12.0 Å². The lowest BCUT2D eigenvalue weighted by Gasteiger charge is -2.26. The maximum absolute atomic E-state index is 14.0. The van der Waals surface area contributed by atoms with E-state index in [9.17, 15) is 18.8 Å². The van der Waals surface area contributed by atoms with E-state index in [1.807, 2.05) is 24.3 Å². The van der Waals surface area contributed by atoms with Crippen molar-refractivity contribution in [3.8, 4) is 5.75 Å². The molecule has 180 valence electrons. The van der Waals surface area contributed by atoms with Gasteiger partial charge in [0.05, 0.1) is 6.04 Å². The third-order valence-electron chi connectivity index (χ3n) is 6.05. The molecular formula is C27H26FN3O4. The van der Waals surface area contributed by atoms with Crippen molar-refractivity contribution in [2.75, 3.05) is 13.2 Å². The molecule has 0 aliphatic carbocycles.